The van der Waals surface area contributed by atoms with Gasteiger partial charge in [-0.15, -0.1) is 0 Å². The van der Waals surface area contributed by atoms with Crippen LogP contribution in [0.15, 0.2) is 15.8 Å². The summed E-state index contributed by atoms with van der Waals surface area (Å²) in [6, 6.07) is 1.85. The molecule has 0 spiro atoms. The summed E-state index contributed by atoms with van der Waals surface area (Å²) in [4.78, 5) is 24.3. The van der Waals surface area contributed by atoms with Crippen molar-refractivity contribution in [1.29, 1.82) is 5.26 Å². The fourth-order valence-corrected chi connectivity index (χ4v) is 2.98. The zero-order valence-corrected chi connectivity index (χ0v) is 13.2. The molecule has 0 radical (unpaired) electrons. The number of aryl methyl sites for hydroxylation is 1. The van der Waals surface area contributed by atoms with Crippen LogP contribution in [0, 0.1) is 17.2 Å². The van der Waals surface area contributed by atoms with Crippen molar-refractivity contribution in [2.45, 2.75) is 58.7 Å². The molecular formula is C16H23N3O3. The van der Waals surface area contributed by atoms with Crippen molar-refractivity contribution in [2.75, 3.05) is 6.61 Å². The van der Waals surface area contributed by atoms with Crippen molar-refractivity contribution in [3.05, 3.63) is 32.6 Å². The van der Waals surface area contributed by atoms with Crippen LogP contribution >= 0.6 is 0 Å². The van der Waals surface area contributed by atoms with E-state index in [1.54, 1.807) is 6.92 Å². The second-order valence-corrected chi connectivity index (χ2v) is 5.85. The number of ether oxygens (including phenoxy) is 1. The van der Waals surface area contributed by atoms with Gasteiger partial charge in [-0.2, -0.15) is 5.26 Å². The first-order chi connectivity index (χ1) is 10.6. The lowest BCUT2D eigenvalue weighted by Gasteiger charge is -2.28. The molecule has 1 aliphatic rings. The predicted molar refractivity (Wildman–Crippen MR) is 82.7 cm³/mol. The second kappa shape index (κ2) is 7.41. The highest BCUT2D eigenvalue weighted by atomic mass is 16.5. The van der Waals surface area contributed by atoms with E-state index in [0.717, 1.165) is 17.4 Å². The van der Waals surface area contributed by atoms with Gasteiger partial charge in [-0.3, -0.25) is 13.9 Å². The number of nitriles is 1. The first kappa shape index (κ1) is 16.5. The fraction of sp³-hybridized carbons (Fsp3) is 0.688. The summed E-state index contributed by atoms with van der Waals surface area (Å²) >= 11 is 0. The summed E-state index contributed by atoms with van der Waals surface area (Å²) in [7, 11) is 0. The third-order valence-electron chi connectivity index (χ3n) is 4.38. The smallest absolute Gasteiger partial charge is 0.331 e. The van der Waals surface area contributed by atoms with Gasteiger partial charge in [-0.05, 0) is 25.7 Å². The van der Waals surface area contributed by atoms with E-state index in [1.807, 2.05) is 6.07 Å². The molecule has 1 aliphatic carbocycles. The molecule has 22 heavy (non-hydrogen) atoms. The number of hydrogen-bond acceptors (Lipinski definition) is 4. The van der Waals surface area contributed by atoms with Gasteiger partial charge in [0.1, 0.15) is 11.6 Å². The molecule has 0 aliphatic heterocycles. The third kappa shape index (κ3) is 3.47. The molecule has 1 fully saturated rings. The maximum atomic E-state index is 12.2. The summed E-state index contributed by atoms with van der Waals surface area (Å²) in [5.41, 5.74) is -0.920. The first-order valence-corrected chi connectivity index (χ1v) is 7.94. The van der Waals surface area contributed by atoms with Gasteiger partial charge in [0.25, 0.3) is 5.56 Å². The Morgan fingerprint density at radius 2 is 2.09 bits per heavy atom. The monoisotopic (exact) mass is 305 g/mol. The number of nitrogens with zero attached hydrogens (tertiary/aromatic N) is 3. The van der Waals surface area contributed by atoms with Crippen LogP contribution in [-0.2, 0) is 17.8 Å². The van der Waals surface area contributed by atoms with Crippen LogP contribution in [0.4, 0.5) is 0 Å². The van der Waals surface area contributed by atoms with Crippen molar-refractivity contribution in [3.63, 3.8) is 0 Å². The normalized spacial score (nSPS) is 21.5. The molecule has 1 heterocycles. The largest absolute Gasteiger partial charge is 0.376 e. The molecule has 1 aromatic heterocycles. The van der Waals surface area contributed by atoms with E-state index in [4.69, 9.17) is 10.00 Å². The Morgan fingerprint density at radius 3 is 2.73 bits per heavy atom. The molecule has 2 atom stereocenters. The van der Waals surface area contributed by atoms with Crippen LogP contribution in [0.1, 0.15) is 45.1 Å². The van der Waals surface area contributed by atoms with Crippen LogP contribution in [0.5, 0.6) is 0 Å². The summed E-state index contributed by atoms with van der Waals surface area (Å²) in [5, 5.41) is 9.01. The van der Waals surface area contributed by atoms with Gasteiger partial charge in [-0.25, -0.2) is 4.79 Å². The van der Waals surface area contributed by atoms with Crippen LogP contribution in [0.25, 0.3) is 0 Å². The van der Waals surface area contributed by atoms with Gasteiger partial charge < -0.3 is 4.74 Å². The van der Waals surface area contributed by atoms with E-state index in [9.17, 15) is 9.59 Å². The van der Waals surface area contributed by atoms with E-state index >= 15 is 0 Å². The fourth-order valence-electron chi connectivity index (χ4n) is 2.98. The summed E-state index contributed by atoms with van der Waals surface area (Å²) in [6.45, 7) is 4.92. The quantitative estimate of drug-likeness (QED) is 0.826. The van der Waals surface area contributed by atoms with Gasteiger partial charge in [0, 0.05) is 12.7 Å². The molecule has 0 amide bonds. The van der Waals surface area contributed by atoms with Gasteiger partial charge >= 0.3 is 5.69 Å². The van der Waals surface area contributed by atoms with Gasteiger partial charge in [0.05, 0.1) is 19.3 Å². The molecule has 0 saturated heterocycles. The second-order valence-electron chi connectivity index (χ2n) is 5.85. The summed E-state index contributed by atoms with van der Waals surface area (Å²) in [6.07, 6.45) is 6.14. The van der Waals surface area contributed by atoms with Gasteiger partial charge in [0.15, 0.2) is 0 Å². The molecule has 0 aromatic carbocycles. The highest BCUT2D eigenvalue weighted by molar-refractivity contribution is 5.22. The Balaban J connectivity index is 2.11. The number of hydrogen-bond donors (Lipinski definition) is 0. The molecule has 120 valence electrons. The lowest BCUT2D eigenvalue weighted by molar-refractivity contribution is -0.00907. The van der Waals surface area contributed by atoms with Gasteiger partial charge in [0.2, 0.25) is 0 Å². The maximum absolute atomic E-state index is 12.2. The van der Waals surface area contributed by atoms with Crippen molar-refractivity contribution in [1.82, 2.24) is 9.13 Å². The standard InChI is InChI=1S/C16H23N3O3/c1-3-18-11-13(10-17)15(20)19(16(18)21)8-9-22-14-7-5-4-6-12(14)2/h11-12,14H,3-9H2,1-2H3/t12-,14-/m1/s1. The van der Waals surface area contributed by atoms with E-state index in [2.05, 4.69) is 6.92 Å². The Labute approximate surface area is 129 Å². The molecule has 0 bridgehead atoms. The Hall–Kier alpha value is -1.87. The van der Waals surface area contributed by atoms with E-state index in [0.29, 0.717) is 19.1 Å². The average molecular weight is 305 g/mol. The van der Waals surface area contributed by atoms with E-state index in [1.165, 1.54) is 23.6 Å². The first-order valence-electron chi connectivity index (χ1n) is 7.94. The molecule has 6 nitrogen and oxygen atoms in total. The minimum atomic E-state index is -0.530. The Morgan fingerprint density at radius 1 is 1.36 bits per heavy atom. The maximum Gasteiger partial charge on any atom is 0.331 e. The van der Waals surface area contributed by atoms with Crippen molar-refractivity contribution in [3.8, 4) is 6.07 Å². The van der Waals surface area contributed by atoms with E-state index in [-0.39, 0.29) is 23.9 Å². The average Bonchev–Trinajstić information content (AvgIpc) is 2.52. The number of rotatable bonds is 5. The molecule has 0 unspecified atom stereocenters. The Bertz CT molecular complexity index is 669. The van der Waals surface area contributed by atoms with Gasteiger partial charge in [-0.1, -0.05) is 19.8 Å². The van der Waals surface area contributed by atoms with Crippen LogP contribution < -0.4 is 11.2 Å². The molecule has 2 rings (SSSR count). The topological polar surface area (TPSA) is 77.0 Å². The predicted octanol–water partition coefficient (Wildman–Crippen LogP) is 1.50. The van der Waals surface area contributed by atoms with Crippen LogP contribution in [0.3, 0.4) is 0 Å². The molecular weight excluding hydrogens is 282 g/mol. The zero-order chi connectivity index (χ0) is 16.1. The van der Waals surface area contributed by atoms with Crippen molar-refractivity contribution >= 4 is 0 Å². The lowest BCUT2D eigenvalue weighted by Crippen LogP contribution is -2.42. The lowest BCUT2D eigenvalue weighted by atomic mass is 9.88. The van der Waals surface area contributed by atoms with E-state index < -0.39 is 5.56 Å². The number of aromatic nitrogens is 2. The molecule has 1 aromatic rings. The SMILES string of the molecule is CCn1cc(C#N)c(=O)n(CCO[C@@H]2CCCC[C@H]2C)c1=O. The molecule has 1 saturated carbocycles. The zero-order valence-electron chi connectivity index (χ0n) is 13.2. The third-order valence-corrected chi connectivity index (χ3v) is 4.38. The minimum absolute atomic E-state index is 0.00696. The minimum Gasteiger partial charge on any atom is -0.376 e. The highest BCUT2D eigenvalue weighted by Gasteiger charge is 2.21. The summed E-state index contributed by atoms with van der Waals surface area (Å²) < 4.78 is 8.35. The van der Waals surface area contributed by atoms with Crippen molar-refractivity contribution in [2.24, 2.45) is 5.92 Å². The van der Waals surface area contributed by atoms with Crippen LogP contribution in [-0.4, -0.2) is 21.8 Å². The highest BCUT2D eigenvalue weighted by Crippen LogP contribution is 2.26. The molecule has 6 heteroatoms. The van der Waals surface area contributed by atoms with Crippen LogP contribution in [0.2, 0.25) is 0 Å². The Kier molecular flexibility index (Phi) is 5.56. The van der Waals surface area contributed by atoms with Crippen molar-refractivity contribution < 1.29 is 4.74 Å². The molecule has 0 N–H and O–H groups in total. The summed E-state index contributed by atoms with van der Waals surface area (Å²) in [5.74, 6) is 0.517.